The van der Waals surface area contributed by atoms with E-state index in [1.54, 1.807) is 6.20 Å². The van der Waals surface area contributed by atoms with E-state index in [-0.39, 0.29) is 35.4 Å². The number of oxazole rings is 1. The molecule has 1 atom stereocenters. The van der Waals surface area contributed by atoms with Crippen molar-refractivity contribution >= 4 is 29.9 Å². The van der Waals surface area contributed by atoms with Crippen LogP contribution in [0.15, 0.2) is 39.9 Å². The summed E-state index contributed by atoms with van der Waals surface area (Å²) >= 11 is 0. The van der Waals surface area contributed by atoms with Crippen LogP contribution in [0.2, 0.25) is 0 Å². The summed E-state index contributed by atoms with van der Waals surface area (Å²) in [5, 5.41) is 6.87. The van der Waals surface area contributed by atoms with Crippen molar-refractivity contribution in [3.63, 3.8) is 0 Å². The summed E-state index contributed by atoms with van der Waals surface area (Å²) < 4.78 is 11.5. The van der Waals surface area contributed by atoms with Gasteiger partial charge < -0.3 is 19.8 Å². The van der Waals surface area contributed by atoms with E-state index < -0.39 is 0 Å². The number of hydrogen-bond donors (Lipinski definition) is 2. The van der Waals surface area contributed by atoms with Crippen LogP contribution in [0.5, 0.6) is 0 Å². The molecule has 1 fully saturated rings. The van der Waals surface area contributed by atoms with Gasteiger partial charge in [0.05, 0.1) is 25.5 Å². The van der Waals surface area contributed by atoms with Gasteiger partial charge in [0.2, 0.25) is 5.89 Å². The number of halogens is 1. The number of ether oxygens (including phenoxy) is 1. The first-order valence-electron chi connectivity index (χ1n) is 11.2. The van der Waals surface area contributed by atoms with Crippen LogP contribution in [0.25, 0.3) is 0 Å². The summed E-state index contributed by atoms with van der Waals surface area (Å²) in [5.41, 5.74) is 2.53. The van der Waals surface area contributed by atoms with Crippen LogP contribution >= 0.6 is 24.0 Å². The lowest BCUT2D eigenvalue weighted by Gasteiger charge is -2.35. The van der Waals surface area contributed by atoms with Gasteiger partial charge in [-0.05, 0) is 19.4 Å². The van der Waals surface area contributed by atoms with Crippen molar-refractivity contribution in [2.24, 2.45) is 4.99 Å². The number of nitrogens with zero attached hydrogens (tertiary/aromatic N) is 3. The van der Waals surface area contributed by atoms with Gasteiger partial charge in [0.25, 0.3) is 0 Å². The van der Waals surface area contributed by atoms with E-state index in [2.05, 4.69) is 79.4 Å². The van der Waals surface area contributed by atoms with Crippen LogP contribution in [-0.2, 0) is 16.7 Å². The van der Waals surface area contributed by atoms with E-state index in [1.165, 1.54) is 11.1 Å². The molecule has 1 aliphatic rings. The molecule has 1 aromatic heterocycles. The third-order valence-corrected chi connectivity index (χ3v) is 5.39. The lowest BCUT2D eigenvalue weighted by molar-refractivity contribution is 0.0170. The highest BCUT2D eigenvalue weighted by atomic mass is 127. The number of rotatable bonds is 7. The normalized spacial score (nSPS) is 16.3. The van der Waals surface area contributed by atoms with Crippen molar-refractivity contribution in [2.75, 3.05) is 39.4 Å². The average molecular weight is 556 g/mol. The van der Waals surface area contributed by atoms with E-state index >= 15 is 0 Å². The fraction of sp³-hybridized carbons (Fsp3) is 0.583. The molecule has 2 heterocycles. The fourth-order valence-corrected chi connectivity index (χ4v) is 3.64. The number of aryl methyl sites for hydroxylation is 1. The maximum absolute atomic E-state index is 5.88. The highest BCUT2D eigenvalue weighted by Crippen LogP contribution is 2.23. The van der Waals surface area contributed by atoms with Crippen LogP contribution < -0.4 is 10.6 Å². The molecular formula is C24H38IN5O2. The number of nitrogens with one attached hydrogen (secondary N) is 2. The Morgan fingerprint density at radius 1 is 1.22 bits per heavy atom. The van der Waals surface area contributed by atoms with E-state index in [9.17, 15) is 0 Å². The molecule has 0 saturated carbocycles. The van der Waals surface area contributed by atoms with Crippen molar-refractivity contribution in [2.45, 2.75) is 52.6 Å². The molecule has 178 valence electrons. The number of morpholine rings is 1. The third kappa shape index (κ3) is 7.74. The van der Waals surface area contributed by atoms with Gasteiger partial charge in [0.15, 0.2) is 5.96 Å². The van der Waals surface area contributed by atoms with Crippen molar-refractivity contribution in [1.82, 2.24) is 20.5 Å². The summed E-state index contributed by atoms with van der Waals surface area (Å²) in [4.78, 5) is 11.6. The molecule has 1 aliphatic heterocycles. The minimum Gasteiger partial charge on any atom is -0.443 e. The van der Waals surface area contributed by atoms with E-state index in [0.717, 1.165) is 51.1 Å². The third-order valence-electron chi connectivity index (χ3n) is 5.39. The average Bonchev–Trinajstić information content (AvgIpc) is 3.23. The molecule has 1 aromatic carbocycles. The summed E-state index contributed by atoms with van der Waals surface area (Å²) in [5.74, 6) is 2.27. The van der Waals surface area contributed by atoms with Crippen molar-refractivity contribution in [3.05, 3.63) is 53.2 Å². The van der Waals surface area contributed by atoms with Crippen LogP contribution in [-0.4, -0.2) is 55.2 Å². The lowest BCUT2D eigenvalue weighted by Crippen LogP contribution is -2.46. The molecule has 2 aromatic rings. The predicted molar refractivity (Wildman–Crippen MR) is 140 cm³/mol. The van der Waals surface area contributed by atoms with Crippen LogP contribution in [0.1, 0.15) is 56.5 Å². The molecule has 0 radical (unpaired) electrons. The van der Waals surface area contributed by atoms with Gasteiger partial charge in [-0.25, -0.2) is 9.98 Å². The highest BCUT2D eigenvalue weighted by Gasteiger charge is 2.23. The second-order valence-corrected chi connectivity index (χ2v) is 9.02. The first-order valence-corrected chi connectivity index (χ1v) is 11.2. The molecule has 0 spiro atoms. The number of aromatic nitrogens is 1. The van der Waals surface area contributed by atoms with Crippen molar-refractivity contribution in [1.29, 1.82) is 0 Å². The second kappa shape index (κ2) is 12.6. The van der Waals surface area contributed by atoms with Gasteiger partial charge in [-0.2, -0.15) is 0 Å². The SMILES string of the molecule is CCNC(=NCc1ncc(C(C)(C)C)o1)NCC(c1cccc(C)c1)N1CCOCC1.I. The fourth-order valence-electron chi connectivity index (χ4n) is 3.64. The zero-order valence-electron chi connectivity index (χ0n) is 20.0. The zero-order chi connectivity index (χ0) is 22.3. The maximum Gasteiger partial charge on any atom is 0.216 e. The Kier molecular flexibility index (Phi) is 10.4. The number of hydrogen-bond acceptors (Lipinski definition) is 5. The first kappa shape index (κ1) is 26.6. The Morgan fingerprint density at radius 3 is 2.59 bits per heavy atom. The molecule has 1 saturated heterocycles. The van der Waals surface area contributed by atoms with Gasteiger partial charge in [0, 0.05) is 31.6 Å². The quantitative estimate of drug-likeness (QED) is 0.306. The Bertz CT molecular complexity index is 856. The van der Waals surface area contributed by atoms with Gasteiger partial charge in [-0.15, -0.1) is 24.0 Å². The Morgan fingerprint density at radius 2 is 1.97 bits per heavy atom. The van der Waals surface area contributed by atoms with Crippen molar-refractivity contribution in [3.8, 4) is 0 Å². The molecular weight excluding hydrogens is 517 g/mol. The molecule has 0 amide bonds. The van der Waals surface area contributed by atoms with Gasteiger partial charge >= 0.3 is 0 Å². The van der Waals surface area contributed by atoms with Crippen LogP contribution in [0.3, 0.4) is 0 Å². The van der Waals surface area contributed by atoms with E-state index in [0.29, 0.717) is 12.4 Å². The Hall–Kier alpha value is -1.65. The number of benzene rings is 1. The van der Waals surface area contributed by atoms with Gasteiger partial charge in [0.1, 0.15) is 12.3 Å². The topological polar surface area (TPSA) is 74.9 Å². The molecule has 1 unspecified atom stereocenters. The monoisotopic (exact) mass is 555 g/mol. The highest BCUT2D eigenvalue weighted by molar-refractivity contribution is 14.0. The first-order chi connectivity index (χ1) is 14.9. The molecule has 0 bridgehead atoms. The summed E-state index contributed by atoms with van der Waals surface area (Å²) in [6, 6.07) is 9.00. The number of aliphatic imine (C=N–C) groups is 1. The second-order valence-electron chi connectivity index (χ2n) is 9.02. The molecule has 3 rings (SSSR count). The van der Waals surface area contributed by atoms with Crippen LogP contribution in [0, 0.1) is 6.92 Å². The maximum atomic E-state index is 5.88. The molecule has 0 aliphatic carbocycles. The standard InChI is InChI=1S/C24H37N5O2.HI/c1-6-25-23(28-17-22-26-16-21(31-22)24(3,4)5)27-15-20(29-10-12-30-13-11-29)19-9-7-8-18(2)14-19;/h7-9,14,16,20H,6,10-13,15,17H2,1-5H3,(H2,25,27,28);1H. The molecule has 7 nitrogen and oxygen atoms in total. The minimum absolute atomic E-state index is 0. The molecule has 8 heteroatoms. The largest absolute Gasteiger partial charge is 0.443 e. The smallest absolute Gasteiger partial charge is 0.216 e. The summed E-state index contributed by atoms with van der Waals surface area (Å²) in [6.07, 6.45) is 1.80. The van der Waals surface area contributed by atoms with Crippen LogP contribution in [0.4, 0.5) is 0 Å². The number of guanidine groups is 1. The van der Waals surface area contributed by atoms with Crippen molar-refractivity contribution < 1.29 is 9.15 Å². The molecule has 2 N–H and O–H groups in total. The summed E-state index contributed by atoms with van der Waals surface area (Å²) in [7, 11) is 0. The van der Waals surface area contributed by atoms with Gasteiger partial charge in [-0.3, -0.25) is 4.90 Å². The van der Waals surface area contributed by atoms with E-state index in [4.69, 9.17) is 14.1 Å². The van der Waals surface area contributed by atoms with E-state index in [1.807, 2.05) is 0 Å². The van der Waals surface area contributed by atoms with Gasteiger partial charge in [-0.1, -0.05) is 50.6 Å². The lowest BCUT2D eigenvalue weighted by atomic mass is 9.94. The zero-order valence-corrected chi connectivity index (χ0v) is 22.3. The summed E-state index contributed by atoms with van der Waals surface area (Å²) in [6.45, 7) is 15.9. The molecule has 32 heavy (non-hydrogen) atoms. The Labute approximate surface area is 209 Å². The Balaban J connectivity index is 0.00000363. The predicted octanol–water partition coefficient (Wildman–Crippen LogP) is 4.03. The minimum atomic E-state index is -0.0586.